The van der Waals surface area contributed by atoms with E-state index in [-0.39, 0.29) is 23.5 Å². The molecule has 0 saturated carbocycles. The van der Waals surface area contributed by atoms with Crippen LogP contribution in [0.4, 0.5) is 5.69 Å². The van der Waals surface area contributed by atoms with Gasteiger partial charge in [-0.05, 0) is 50.7 Å². The number of carbonyl (C=O) groups excluding carboxylic acids is 3. The molecule has 1 aliphatic heterocycles. The van der Waals surface area contributed by atoms with Crippen molar-refractivity contribution in [3.8, 4) is 5.75 Å². The third-order valence-corrected chi connectivity index (χ3v) is 5.36. The maximum absolute atomic E-state index is 12.8. The van der Waals surface area contributed by atoms with E-state index in [0.29, 0.717) is 47.7 Å². The lowest BCUT2D eigenvalue weighted by Gasteiger charge is -2.20. The number of ether oxygens (including phenoxy) is 1. The quantitative estimate of drug-likeness (QED) is 0.702. The second kappa shape index (κ2) is 8.78. The van der Waals surface area contributed by atoms with Crippen molar-refractivity contribution in [1.29, 1.82) is 0 Å². The summed E-state index contributed by atoms with van der Waals surface area (Å²) in [5, 5.41) is 3.13. The molecule has 1 aliphatic carbocycles. The van der Waals surface area contributed by atoms with Gasteiger partial charge >= 0.3 is 0 Å². The predicted molar refractivity (Wildman–Crippen MR) is 107 cm³/mol. The minimum atomic E-state index is -0.699. The molecule has 0 radical (unpaired) electrons. The molecular weight excluding hydrogens is 380 g/mol. The molecule has 3 rings (SSSR count). The molecule has 3 amide bonds. The highest BCUT2D eigenvalue weighted by atomic mass is 35.5. The highest BCUT2D eigenvalue weighted by molar-refractivity contribution is 6.34. The predicted octanol–water partition coefficient (Wildman–Crippen LogP) is 3.77. The second-order valence-electron chi connectivity index (χ2n) is 7.03. The average molecular weight is 405 g/mol. The first-order valence-electron chi connectivity index (χ1n) is 9.82. The van der Waals surface area contributed by atoms with Gasteiger partial charge in [0.25, 0.3) is 17.7 Å². The zero-order chi connectivity index (χ0) is 20.3. The van der Waals surface area contributed by atoms with Gasteiger partial charge in [-0.3, -0.25) is 14.4 Å². The van der Waals surface area contributed by atoms with E-state index < -0.39 is 6.10 Å². The van der Waals surface area contributed by atoms with Crippen LogP contribution in [0, 0.1) is 0 Å². The summed E-state index contributed by atoms with van der Waals surface area (Å²) in [6, 6.07) is 4.77. The highest BCUT2D eigenvalue weighted by Gasteiger charge is 2.39. The van der Waals surface area contributed by atoms with Crippen LogP contribution in [0.2, 0.25) is 5.02 Å². The van der Waals surface area contributed by atoms with Crippen LogP contribution in [0.1, 0.15) is 52.4 Å². The number of imide groups is 1. The van der Waals surface area contributed by atoms with Gasteiger partial charge in [-0.15, -0.1) is 0 Å². The fourth-order valence-corrected chi connectivity index (χ4v) is 3.70. The van der Waals surface area contributed by atoms with E-state index in [1.165, 1.54) is 4.90 Å². The number of carbonyl (C=O) groups is 3. The molecule has 0 aromatic heterocycles. The van der Waals surface area contributed by atoms with Crippen LogP contribution in [0.5, 0.6) is 5.75 Å². The molecule has 28 heavy (non-hydrogen) atoms. The van der Waals surface area contributed by atoms with E-state index in [2.05, 4.69) is 5.32 Å². The Balaban J connectivity index is 1.83. The van der Waals surface area contributed by atoms with Gasteiger partial charge in [0.05, 0.1) is 10.7 Å². The van der Waals surface area contributed by atoms with Gasteiger partial charge in [-0.25, -0.2) is 4.90 Å². The zero-order valence-electron chi connectivity index (χ0n) is 16.2. The molecule has 0 fully saturated rings. The SMILES string of the molecule is CCCNC(=O)C(CC)Oc1cc(N2C(=O)C3=C(CCCC3)C2=O)ccc1Cl. The van der Waals surface area contributed by atoms with Crippen LogP contribution in [-0.4, -0.2) is 30.4 Å². The molecule has 7 heteroatoms. The number of hydrogen-bond acceptors (Lipinski definition) is 4. The summed E-state index contributed by atoms with van der Waals surface area (Å²) in [5.74, 6) is -0.458. The molecule has 1 aromatic rings. The fraction of sp³-hybridized carbons (Fsp3) is 0.476. The third kappa shape index (κ3) is 3.92. The number of benzene rings is 1. The van der Waals surface area contributed by atoms with Crippen LogP contribution in [-0.2, 0) is 14.4 Å². The maximum atomic E-state index is 12.8. The van der Waals surface area contributed by atoms with Crippen molar-refractivity contribution in [3.63, 3.8) is 0 Å². The van der Waals surface area contributed by atoms with Crippen molar-refractivity contribution in [3.05, 3.63) is 34.4 Å². The summed E-state index contributed by atoms with van der Waals surface area (Å²) in [7, 11) is 0. The molecule has 1 aromatic carbocycles. The maximum Gasteiger partial charge on any atom is 0.261 e. The summed E-state index contributed by atoms with van der Waals surface area (Å²) < 4.78 is 5.84. The van der Waals surface area contributed by atoms with E-state index in [0.717, 1.165) is 19.3 Å². The van der Waals surface area contributed by atoms with Gasteiger partial charge in [0, 0.05) is 23.8 Å². The topological polar surface area (TPSA) is 75.7 Å². The number of rotatable bonds is 7. The van der Waals surface area contributed by atoms with Gasteiger partial charge in [-0.2, -0.15) is 0 Å². The van der Waals surface area contributed by atoms with Crippen molar-refractivity contribution in [2.75, 3.05) is 11.4 Å². The monoisotopic (exact) mass is 404 g/mol. The molecule has 6 nitrogen and oxygen atoms in total. The Morgan fingerprint density at radius 3 is 2.39 bits per heavy atom. The third-order valence-electron chi connectivity index (χ3n) is 5.04. The van der Waals surface area contributed by atoms with Gasteiger partial charge in [0.2, 0.25) is 0 Å². The van der Waals surface area contributed by atoms with Crippen molar-refractivity contribution in [1.82, 2.24) is 5.32 Å². The van der Waals surface area contributed by atoms with E-state index in [1.54, 1.807) is 18.2 Å². The summed E-state index contributed by atoms with van der Waals surface area (Å²) in [6.45, 7) is 4.39. The van der Waals surface area contributed by atoms with E-state index in [4.69, 9.17) is 16.3 Å². The molecule has 1 heterocycles. The summed E-state index contributed by atoms with van der Waals surface area (Å²) in [5.41, 5.74) is 1.66. The van der Waals surface area contributed by atoms with E-state index >= 15 is 0 Å². The molecular formula is C21H25ClN2O4. The van der Waals surface area contributed by atoms with Crippen LogP contribution >= 0.6 is 11.6 Å². The first-order valence-corrected chi connectivity index (χ1v) is 10.2. The molecule has 150 valence electrons. The Labute approximate surface area is 169 Å². The smallest absolute Gasteiger partial charge is 0.261 e. The van der Waals surface area contributed by atoms with Crippen molar-refractivity contribution in [2.45, 2.75) is 58.5 Å². The Morgan fingerprint density at radius 1 is 1.18 bits per heavy atom. The Kier molecular flexibility index (Phi) is 6.39. The lowest BCUT2D eigenvalue weighted by atomic mass is 9.93. The fourth-order valence-electron chi connectivity index (χ4n) is 3.53. The van der Waals surface area contributed by atoms with Crippen LogP contribution < -0.4 is 15.0 Å². The standard InChI is InChI=1S/C21H25ClN2O4/c1-3-11-23-19(25)17(4-2)28-18-12-13(9-10-16(18)22)24-20(26)14-7-5-6-8-15(14)21(24)27/h9-10,12,17H,3-8,11H2,1-2H3,(H,23,25). The Bertz CT molecular complexity index is 806. The van der Waals surface area contributed by atoms with Crippen LogP contribution in [0.3, 0.4) is 0 Å². The lowest BCUT2D eigenvalue weighted by Crippen LogP contribution is -2.38. The summed E-state index contributed by atoms with van der Waals surface area (Å²) in [4.78, 5) is 39.0. The zero-order valence-corrected chi connectivity index (χ0v) is 17.0. The molecule has 0 spiro atoms. The molecule has 2 aliphatic rings. The second-order valence-corrected chi connectivity index (χ2v) is 7.44. The lowest BCUT2D eigenvalue weighted by molar-refractivity contribution is -0.128. The normalized spacial score (nSPS) is 17.6. The van der Waals surface area contributed by atoms with E-state index in [9.17, 15) is 14.4 Å². The van der Waals surface area contributed by atoms with Gasteiger partial charge in [0.15, 0.2) is 6.10 Å². The van der Waals surface area contributed by atoms with Gasteiger partial charge in [-0.1, -0.05) is 25.4 Å². The van der Waals surface area contributed by atoms with Gasteiger partial charge < -0.3 is 10.1 Å². The van der Waals surface area contributed by atoms with Crippen LogP contribution in [0.25, 0.3) is 0 Å². The number of hydrogen-bond donors (Lipinski definition) is 1. The van der Waals surface area contributed by atoms with Crippen molar-refractivity contribution in [2.24, 2.45) is 0 Å². The first kappa shape index (κ1) is 20.4. The van der Waals surface area contributed by atoms with Gasteiger partial charge in [0.1, 0.15) is 5.75 Å². The van der Waals surface area contributed by atoms with Crippen molar-refractivity contribution >= 4 is 35.0 Å². The number of amides is 3. The number of halogens is 1. The first-order chi connectivity index (χ1) is 13.5. The largest absolute Gasteiger partial charge is 0.479 e. The number of nitrogens with zero attached hydrogens (tertiary/aromatic N) is 1. The summed E-state index contributed by atoms with van der Waals surface area (Å²) >= 11 is 6.25. The van der Waals surface area contributed by atoms with Crippen molar-refractivity contribution < 1.29 is 19.1 Å². The highest BCUT2D eigenvalue weighted by Crippen LogP contribution is 2.38. The van der Waals surface area contributed by atoms with E-state index in [1.807, 2.05) is 13.8 Å². The molecule has 1 atom stereocenters. The molecule has 0 bridgehead atoms. The molecule has 1 unspecified atom stereocenters. The Morgan fingerprint density at radius 2 is 1.82 bits per heavy atom. The summed E-state index contributed by atoms with van der Waals surface area (Å²) in [6.07, 6.45) is 3.72. The Hall–Kier alpha value is -2.34. The number of anilines is 1. The minimum Gasteiger partial charge on any atom is -0.479 e. The minimum absolute atomic E-state index is 0.212. The molecule has 1 N–H and O–H groups in total. The molecule has 0 saturated heterocycles. The van der Waals surface area contributed by atoms with Crippen LogP contribution in [0.15, 0.2) is 29.3 Å². The average Bonchev–Trinajstić information content (AvgIpc) is 2.96. The number of nitrogens with one attached hydrogen (secondary N) is 1.